The highest BCUT2D eigenvalue weighted by molar-refractivity contribution is 6.14. The van der Waals surface area contributed by atoms with E-state index in [9.17, 15) is 10.1 Å². The summed E-state index contributed by atoms with van der Waals surface area (Å²) in [4.78, 5) is 15.3. The van der Waals surface area contributed by atoms with Crippen LogP contribution in [0.25, 0.3) is 0 Å². The lowest BCUT2D eigenvalue weighted by atomic mass is 9.95. The molecule has 1 aromatic heterocycles. The predicted molar refractivity (Wildman–Crippen MR) is 104 cm³/mol. The Labute approximate surface area is 165 Å². The molecule has 2 aliphatic heterocycles. The second-order valence-electron chi connectivity index (χ2n) is 7.48. The average Bonchev–Trinajstić information content (AvgIpc) is 3.38. The first-order valence-corrected chi connectivity index (χ1v) is 9.50. The van der Waals surface area contributed by atoms with E-state index in [0.29, 0.717) is 23.8 Å². The first-order chi connectivity index (χ1) is 14.2. The molecule has 8 nitrogen and oxygen atoms in total. The Morgan fingerprint density at radius 1 is 1.10 bits per heavy atom. The average molecular weight is 388 g/mol. The van der Waals surface area contributed by atoms with Crippen LogP contribution in [0.15, 0.2) is 47.7 Å². The van der Waals surface area contributed by atoms with E-state index in [0.717, 1.165) is 46.8 Å². The second-order valence-corrected chi connectivity index (χ2v) is 7.48. The fourth-order valence-corrected chi connectivity index (χ4v) is 3.92. The molecule has 2 aromatic carbocycles. The molecule has 0 saturated heterocycles. The largest absolute Gasteiger partial charge is 0.454 e. The summed E-state index contributed by atoms with van der Waals surface area (Å²) in [7, 11) is 0. The van der Waals surface area contributed by atoms with Crippen LogP contribution in [0.3, 0.4) is 0 Å². The third-order valence-electron chi connectivity index (χ3n) is 5.58. The maximum atomic E-state index is 11.1. The molecule has 0 radical (unpaired) electrons. The van der Waals surface area contributed by atoms with Crippen molar-refractivity contribution in [2.24, 2.45) is 5.10 Å². The lowest BCUT2D eigenvalue weighted by molar-refractivity contribution is -0.384. The van der Waals surface area contributed by atoms with Gasteiger partial charge in [-0.25, -0.2) is 9.66 Å². The van der Waals surface area contributed by atoms with E-state index >= 15 is 0 Å². The molecule has 29 heavy (non-hydrogen) atoms. The normalized spacial score (nSPS) is 16.6. The molecule has 3 aromatic rings. The van der Waals surface area contributed by atoms with Crippen molar-refractivity contribution in [1.82, 2.24) is 9.66 Å². The summed E-state index contributed by atoms with van der Waals surface area (Å²) in [5, 5.41) is 16.0. The van der Waals surface area contributed by atoms with Gasteiger partial charge in [-0.05, 0) is 42.7 Å². The fraction of sp³-hybridized carbons (Fsp3) is 0.238. The Bertz CT molecular complexity index is 1190. The van der Waals surface area contributed by atoms with Crippen molar-refractivity contribution in [3.63, 3.8) is 0 Å². The molecular weight excluding hydrogens is 372 g/mol. The zero-order valence-corrected chi connectivity index (χ0v) is 15.4. The van der Waals surface area contributed by atoms with Crippen molar-refractivity contribution in [3.8, 4) is 11.5 Å². The zero-order chi connectivity index (χ0) is 19.5. The molecule has 0 unspecified atom stereocenters. The van der Waals surface area contributed by atoms with Crippen molar-refractivity contribution in [2.45, 2.75) is 25.2 Å². The molecule has 0 amide bonds. The second kappa shape index (κ2) is 5.91. The number of hydrogen-bond acceptors (Lipinski definition) is 6. The number of nitro benzene ring substituents is 1. The lowest BCUT2D eigenvalue weighted by Gasteiger charge is -2.11. The SMILES string of the molecule is O=[N+]([O-])c1ccc(C2=Nn3c(C4CC4)cnc3Cc3cc4c(cc32)OCO4)cc1. The minimum atomic E-state index is -0.399. The Hall–Kier alpha value is -3.68. The number of rotatable bonds is 3. The van der Waals surface area contributed by atoms with Gasteiger partial charge in [-0.2, -0.15) is 5.10 Å². The number of benzene rings is 2. The zero-order valence-electron chi connectivity index (χ0n) is 15.4. The van der Waals surface area contributed by atoms with Gasteiger partial charge in [0.05, 0.1) is 22.5 Å². The predicted octanol–water partition coefficient (Wildman–Crippen LogP) is 3.60. The Morgan fingerprint density at radius 3 is 2.59 bits per heavy atom. The third-order valence-corrected chi connectivity index (χ3v) is 5.58. The highest BCUT2D eigenvalue weighted by Gasteiger charge is 2.31. The lowest BCUT2D eigenvalue weighted by Crippen LogP contribution is -2.08. The molecule has 1 aliphatic carbocycles. The Morgan fingerprint density at radius 2 is 1.86 bits per heavy atom. The van der Waals surface area contributed by atoms with Crippen molar-refractivity contribution in [3.05, 3.63) is 80.9 Å². The van der Waals surface area contributed by atoms with E-state index < -0.39 is 4.92 Å². The van der Waals surface area contributed by atoms with Gasteiger partial charge < -0.3 is 9.47 Å². The van der Waals surface area contributed by atoms with Crippen molar-refractivity contribution in [2.75, 3.05) is 6.79 Å². The molecule has 0 spiro atoms. The number of nitrogens with zero attached hydrogens (tertiary/aromatic N) is 4. The van der Waals surface area contributed by atoms with Crippen molar-refractivity contribution in [1.29, 1.82) is 0 Å². The summed E-state index contributed by atoms with van der Waals surface area (Å²) in [6.45, 7) is 0.197. The van der Waals surface area contributed by atoms with Crippen LogP contribution in [-0.2, 0) is 6.42 Å². The maximum absolute atomic E-state index is 11.1. The first-order valence-electron chi connectivity index (χ1n) is 9.50. The highest BCUT2D eigenvalue weighted by Crippen LogP contribution is 2.42. The topological polar surface area (TPSA) is 91.8 Å². The molecule has 0 atom stereocenters. The monoisotopic (exact) mass is 388 g/mol. The number of aromatic nitrogens is 2. The van der Waals surface area contributed by atoms with E-state index in [-0.39, 0.29) is 12.5 Å². The van der Waals surface area contributed by atoms with Gasteiger partial charge in [-0.1, -0.05) is 0 Å². The third kappa shape index (κ3) is 2.60. The van der Waals surface area contributed by atoms with Crippen LogP contribution in [0.2, 0.25) is 0 Å². The molecule has 1 saturated carbocycles. The molecule has 0 bridgehead atoms. The summed E-state index contributed by atoms with van der Waals surface area (Å²) in [5.41, 5.74) is 4.68. The van der Waals surface area contributed by atoms with Gasteiger partial charge in [0.25, 0.3) is 5.69 Å². The smallest absolute Gasteiger partial charge is 0.269 e. The van der Waals surface area contributed by atoms with Crippen molar-refractivity contribution >= 4 is 11.4 Å². The van der Waals surface area contributed by atoms with E-state index in [1.807, 2.05) is 23.0 Å². The van der Waals surface area contributed by atoms with E-state index in [2.05, 4.69) is 4.98 Å². The Kier molecular flexibility index (Phi) is 3.32. The summed E-state index contributed by atoms with van der Waals surface area (Å²) in [6.07, 6.45) is 4.84. The molecular formula is C21H16N4O4. The van der Waals surface area contributed by atoms with E-state index in [1.54, 1.807) is 12.1 Å². The number of fused-ring (bicyclic) bond motifs is 3. The number of ether oxygens (including phenoxy) is 2. The van der Waals surface area contributed by atoms with Crippen LogP contribution in [-0.4, -0.2) is 27.1 Å². The summed E-state index contributed by atoms with van der Waals surface area (Å²) < 4.78 is 13.1. The minimum absolute atomic E-state index is 0.0517. The van der Waals surface area contributed by atoms with Crippen LogP contribution >= 0.6 is 0 Å². The number of hydrogen-bond donors (Lipinski definition) is 0. The minimum Gasteiger partial charge on any atom is -0.454 e. The first kappa shape index (κ1) is 16.3. The summed E-state index contributed by atoms with van der Waals surface area (Å²) in [6, 6.07) is 10.4. The van der Waals surface area contributed by atoms with E-state index in [4.69, 9.17) is 14.6 Å². The summed E-state index contributed by atoms with van der Waals surface area (Å²) >= 11 is 0. The van der Waals surface area contributed by atoms with Crippen molar-refractivity contribution < 1.29 is 14.4 Å². The van der Waals surface area contributed by atoms with Crippen LogP contribution in [0.4, 0.5) is 5.69 Å². The van der Waals surface area contributed by atoms with Gasteiger partial charge in [0.15, 0.2) is 11.5 Å². The quantitative estimate of drug-likeness (QED) is 0.395. The molecule has 144 valence electrons. The van der Waals surface area contributed by atoms with Gasteiger partial charge in [0.1, 0.15) is 5.82 Å². The van der Waals surface area contributed by atoms with Gasteiger partial charge >= 0.3 is 0 Å². The molecule has 6 rings (SSSR count). The molecule has 8 heteroatoms. The van der Waals surface area contributed by atoms with Crippen LogP contribution in [0, 0.1) is 10.1 Å². The van der Waals surface area contributed by atoms with Crippen LogP contribution in [0.1, 0.15) is 47.0 Å². The fourth-order valence-electron chi connectivity index (χ4n) is 3.92. The molecule has 0 N–H and O–H groups in total. The van der Waals surface area contributed by atoms with Crippen LogP contribution in [0.5, 0.6) is 11.5 Å². The summed E-state index contributed by atoms with van der Waals surface area (Å²) in [5.74, 6) is 2.77. The maximum Gasteiger partial charge on any atom is 0.269 e. The number of non-ortho nitro benzene ring substituents is 1. The van der Waals surface area contributed by atoms with Gasteiger partial charge in [-0.15, -0.1) is 0 Å². The van der Waals surface area contributed by atoms with E-state index in [1.165, 1.54) is 12.1 Å². The standard InChI is InChI=1S/C21H16N4O4/c26-25(27)15-5-3-13(4-6-15)21-16-9-19-18(28-11-29-19)7-14(16)8-20-22-10-17(12-1-2-12)24(20)23-21/h3-7,9-10,12H,1-2,8,11H2. The van der Waals surface area contributed by atoms with Gasteiger partial charge in [-0.3, -0.25) is 10.1 Å². The molecule has 1 fully saturated rings. The number of imidazole rings is 1. The van der Waals surface area contributed by atoms with Crippen LogP contribution < -0.4 is 9.47 Å². The highest BCUT2D eigenvalue weighted by atomic mass is 16.7. The Balaban J connectivity index is 1.57. The van der Waals surface area contributed by atoms with Gasteiger partial charge in [0, 0.05) is 35.6 Å². The molecule has 3 heterocycles. The molecule has 3 aliphatic rings. The van der Waals surface area contributed by atoms with Gasteiger partial charge in [0.2, 0.25) is 6.79 Å². The number of nitro groups is 1.